The Labute approximate surface area is 170 Å². The van der Waals surface area contributed by atoms with Crippen molar-refractivity contribution in [2.24, 2.45) is 7.05 Å². The van der Waals surface area contributed by atoms with Gasteiger partial charge in [-0.05, 0) is 31.2 Å². The third kappa shape index (κ3) is 6.51. The number of aromatic nitrogens is 2. The van der Waals surface area contributed by atoms with Crippen LogP contribution >= 0.6 is 0 Å². The van der Waals surface area contributed by atoms with E-state index in [-0.39, 0.29) is 24.5 Å². The van der Waals surface area contributed by atoms with Gasteiger partial charge in [0.15, 0.2) is 0 Å². The molecule has 0 aliphatic carbocycles. The van der Waals surface area contributed by atoms with Crippen molar-refractivity contribution in [3.8, 4) is 0 Å². The van der Waals surface area contributed by atoms with Gasteiger partial charge in [0, 0.05) is 44.8 Å². The minimum atomic E-state index is -0.857. The molecule has 0 bridgehead atoms. The standard InChI is InChI=1S/C21H29N5O3/c1-25-15-19(13-22-25)26-11-5-8-18(14-26)24-21(29)23-17(9-10-20(27)28)12-16-6-3-2-4-7-16/h2-4,6-7,13,15,17-18H,5,8-12,14H2,1H3,(H,27,28)(H2,23,24,29). The van der Waals surface area contributed by atoms with Gasteiger partial charge in [0.05, 0.1) is 11.9 Å². The lowest BCUT2D eigenvalue weighted by Crippen LogP contribution is -2.52. The lowest BCUT2D eigenvalue weighted by atomic mass is 10.0. The molecular formula is C21H29N5O3. The molecule has 156 valence electrons. The van der Waals surface area contributed by atoms with Crippen LogP contribution < -0.4 is 15.5 Å². The Morgan fingerprint density at radius 2 is 2.10 bits per heavy atom. The van der Waals surface area contributed by atoms with E-state index in [0.717, 1.165) is 37.2 Å². The molecule has 1 saturated heterocycles. The predicted octanol–water partition coefficient (Wildman–Crippen LogP) is 2.16. The summed E-state index contributed by atoms with van der Waals surface area (Å²) in [6, 6.07) is 9.37. The van der Waals surface area contributed by atoms with Crippen LogP contribution in [0.2, 0.25) is 0 Å². The highest BCUT2D eigenvalue weighted by Crippen LogP contribution is 2.19. The molecule has 1 aromatic carbocycles. The van der Waals surface area contributed by atoms with Crippen LogP contribution in [0, 0.1) is 0 Å². The Kier molecular flexibility index (Phi) is 7.10. The number of anilines is 1. The van der Waals surface area contributed by atoms with Gasteiger partial charge in [-0.25, -0.2) is 4.79 Å². The zero-order valence-corrected chi connectivity index (χ0v) is 16.8. The monoisotopic (exact) mass is 399 g/mol. The summed E-state index contributed by atoms with van der Waals surface area (Å²) < 4.78 is 1.77. The fraction of sp³-hybridized carbons (Fsp3) is 0.476. The van der Waals surface area contributed by atoms with Crippen LogP contribution in [0.5, 0.6) is 0 Å². The highest BCUT2D eigenvalue weighted by atomic mass is 16.4. The van der Waals surface area contributed by atoms with Crippen LogP contribution in [0.3, 0.4) is 0 Å². The number of benzene rings is 1. The summed E-state index contributed by atoms with van der Waals surface area (Å²) in [5.74, 6) is -0.857. The summed E-state index contributed by atoms with van der Waals surface area (Å²) >= 11 is 0. The molecule has 2 atom stereocenters. The van der Waals surface area contributed by atoms with Gasteiger partial charge in [0.1, 0.15) is 0 Å². The number of hydrogen-bond acceptors (Lipinski definition) is 4. The third-order valence-corrected chi connectivity index (χ3v) is 5.18. The minimum Gasteiger partial charge on any atom is -0.481 e. The molecule has 3 rings (SSSR count). The molecule has 8 nitrogen and oxygen atoms in total. The normalized spacial score (nSPS) is 17.6. The number of nitrogens with one attached hydrogen (secondary N) is 2. The van der Waals surface area contributed by atoms with E-state index in [9.17, 15) is 9.59 Å². The van der Waals surface area contributed by atoms with Crippen LogP contribution in [0.4, 0.5) is 10.5 Å². The van der Waals surface area contributed by atoms with Crippen LogP contribution in [-0.2, 0) is 18.3 Å². The van der Waals surface area contributed by atoms with Gasteiger partial charge in [-0.2, -0.15) is 5.10 Å². The molecule has 2 amide bonds. The molecule has 2 unspecified atom stereocenters. The molecule has 1 fully saturated rings. The molecule has 0 spiro atoms. The summed E-state index contributed by atoms with van der Waals surface area (Å²) in [4.78, 5) is 25.8. The van der Waals surface area contributed by atoms with E-state index in [1.807, 2.05) is 49.8 Å². The average molecular weight is 399 g/mol. The molecule has 2 aromatic rings. The van der Waals surface area contributed by atoms with Gasteiger partial charge in [0.2, 0.25) is 0 Å². The largest absolute Gasteiger partial charge is 0.481 e. The number of piperidine rings is 1. The van der Waals surface area contributed by atoms with Gasteiger partial charge in [-0.3, -0.25) is 9.48 Å². The number of amides is 2. The van der Waals surface area contributed by atoms with Gasteiger partial charge in [-0.15, -0.1) is 0 Å². The van der Waals surface area contributed by atoms with Crippen molar-refractivity contribution in [2.45, 2.75) is 44.2 Å². The molecule has 1 aliphatic heterocycles. The van der Waals surface area contributed by atoms with E-state index in [4.69, 9.17) is 5.11 Å². The maximum absolute atomic E-state index is 12.6. The maximum Gasteiger partial charge on any atom is 0.315 e. The van der Waals surface area contributed by atoms with Crippen molar-refractivity contribution in [3.05, 3.63) is 48.3 Å². The SMILES string of the molecule is Cn1cc(N2CCCC(NC(=O)NC(CCC(=O)O)Cc3ccccc3)C2)cn1. The molecule has 3 N–H and O–H groups in total. The van der Waals surface area contributed by atoms with E-state index in [1.54, 1.807) is 4.68 Å². The molecule has 1 aromatic heterocycles. The lowest BCUT2D eigenvalue weighted by Gasteiger charge is -2.34. The summed E-state index contributed by atoms with van der Waals surface area (Å²) in [6.45, 7) is 1.68. The minimum absolute atomic E-state index is 0.0238. The second kappa shape index (κ2) is 9.95. The van der Waals surface area contributed by atoms with Crippen LogP contribution in [0.1, 0.15) is 31.2 Å². The topological polar surface area (TPSA) is 99.5 Å². The van der Waals surface area contributed by atoms with E-state index in [1.165, 1.54) is 0 Å². The Hall–Kier alpha value is -3.03. The number of aryl methyl sites for hydroxylation is 1. The first kappa shape index (κ1) is 20.7. The van der Waals surface area contributed by atoms with Crippen molar-refractivity contribution in [2.75, 3.05) is 18.0 Å². The van der Waals surface area contributed by atoms with E-state index in [0.29, 0.717) is 12.8 Å². The van der Waals surface area contributed by atoms with Crippen LogP contribution in [0.15, 0.2) is 42.7 Å². The first-order valence-corrected chi connectivity index (χ1v) is 10.1. The van der Waals surface area contributed by atoms with E-state index in [2.05, 4.69) is 20.6 Å². The fourth-order valence-electron chi connectivity index (χ4n) is 3.74. The second-order valence-electron chi connectivity index (χ2n) is 7.59. The first-order valence-electron chi connectivity index (χ1n) is 10.1. The zero-order chi connectivity index (χ0) is 20.6. The Morgan fingerprint density at radius 3 is 2.79 bits per heavy atom. The highest BCUT2D eigenvalue weighted by molar-refractivity contribution is 5.75. The van der Waals surface area contributed by atoms with Gasteiger partial charge < -0.3 is 20.6 Å². The number of aliphatic carboxylic acids is 1. The second-order valence-corrected chi connectivity index (χ2v) is 7.59. The number of carbonyl (C=O) groups excluding carboxylic acids is 1. The fourth-order valence-corrected chi connectivity index (χ4v) is 3.74. The van der Waals surface area contributed by atoms with E-state index < -0.39 is 5.97 Å². The molecule has 1 aliphatic rings. The molecule has 0 saturated carbocycles. The van der Waals surface area contributed by atoms with Crippen molar-refractivity contribution in [1.82, 2.24) is 20.4 Å². The van der Waals surface area contributed by atoms with Crippen LogP contribution in [-0.4, -0.2) is 52.1 Å². The molecule has 0 radical (unpaired) electrons. The molecule has 29 heavy (non-hydrogen) atoms. The summed E-state index contributed by atoms with van der Waals surface area (Å²) in [7, 11) is 1.89. The summed E-state index contributed by atoms with van der Waals surface area (Å²) in [5.41, 5.74) is 2.13. The number of carboxylic acid groups (broad SMARTS) is 1. The molecule has 2 heterocycles. The van der Waals surface area contributed by atoms with Gasteiger partial charge in [0.25, 0.3) is 0 Å². The Morgan fingerprint density at radius 1 is 1.31 bits per heavy atom. The maximum atomic E-state index is 12.6. The number of rotatable bonds is 8. The highest BCUT2D eigenvalue weighted by Gasteiger charge is 2.23. The zero-order valence-electron chi connectivity index (χ0n) is 16.8. The summed E-state index contributed by atoms with van der Waals surface area (Å²) in [6.07, 6.45) is 6.75. The number of nitrogens with zero attached hydrogens (tertiary/aromatic N) is 3. The lowest BCUT2D eigenvalue weighted by molar-refractivity contribution is -0.137. The number of carboxylic acids is 1. The van der Waals surface area contributed by atoms with Crippen molar-refractivity contribution >= 4 is 17.7 Å². The molecular weight excluding hydrogens is 370 g/mol. The third-order valence-electron chi connectivity index (χ3n) is 5.18. The van der Waals surface area contributed by atoms with Crippen molar-refractivity contribution in [3.63, 3.8) is 0 Å². The number of carbonyl (C=O) groups is 2. The number of hydrogen-bond donors (Lipinski definition) is 3. The average Bonchev–Trinajstić information content (AvgIpc) is 3.13. The Balaban J connectivity index is 1.54. The Bertz CT molecular complexity index is 808. The van der Waals surface area contributed by atoms with Crippen LogP contribution in [0.25, 0.3) is 0 Å². The summed E-state index contributed by atoms with van der Waals surface area (Å²) in [5, 5.41) is 19.3. The van der Waals surface area contributed by atoms with Gasteiger partial charge in [-0.1, -0.05) is 30.3 Å². The van der Waals surface area contributed by atoms with Crippen molar-refractivity contribution < 1.29 is 14.7 Å². The first-order chi connectivity index (χ1) is 14.0. The molecule has 8 heteroatoms. The smallest absolute Gasteiger partial charge is 0.315 e. The van der Waals surface area contributed by atoms with E-state index >= 15 is 0 Å². The predicted molar refractivity (Wildman–Crippen MR) is 111 cm³/mol. The van der Waals surface area contributed by atoms with Crippen molar-refractivity contribution in [1.29, 1.82) is 0 Å². The number of urea groups is 1. The quantitative estimate of drug-likeness (QED) is 0.632. The van der Waals surface area contributed by atoms with Gasteiger partial charge >= 0.3 is 12.0 Å².